The first-order valence-corrected chi connectivity index (χ1v) is 8.58. The van der Waals surface area contributed by atoms with Crippen molar-refractivity contribution >= 4 is 11.3 Å². The minimum Gasteiger partial charge on any atom is -0.309 e. The zero-order chi connectivity index (χ0) is 14.8. The second-order valence-electron chi connectivity index (χ2n) is 6.90. The van der Waals surface area contributed by atoms with E-state index >= 15 is 0 Å². The molecule has 0 radical (unpaired) electrons. The molecule has 0 saturated carbocycles. The molecule has 0 saturated heterocycles. The fraction of sp³-hybridized carbons (Fsp3) is 0.706. The number of aromatic nitrogens is 1. The number of thiazole rings is 1. The average molecular weight is 292 g/mol. The van der Waals surface area contributed by atoms with E-state index < -0.39 is 0 Å². The number of hydrogen-bond donors (Lipinski definition) is 1. The fourth-order valence-electron chi connectivity index (χ4n) is 2.64. The molecule has 2 nitrogen and oxygen atoms in total. The number of rotatable bonds is 5. The maximum absolute atomic E-state index is 4.76. The summed E-state index contributed by atoms with van der Waals surface area (Å²) in [7, 11) is 0. The Labute approximate surface area is 127 Å². The van der Waals surface area contributed by atoms with Gasteiger partial charge < -0.3 is 5.32 Å². The molecule has 1 aliphatic rings. The Hall–Kier alpha value is -0.670. The van der Waals surface area contributed by atoms with Crippen LogP contribution in [0.3, 0.4) is 0 Å². The van der Waals surface area contributed by atoms with Crippen molar-refractivity contribution in [2.45, 2.75) is 71.8 Å². The summed E-state index contributed by atoms with van der Waals surface area (Å²) in [6.45, 7) is 12.2. The molecule has 1 unspecified atom stereocenters. The van der Waals surface area contributed by atoms with Gasteiger partial charge in [0.05, 0.1) is 10.7 Å². The molecule has 3 heteroatoms. The molecule has 0 bridgehead atoms. The molecule has 1 aromatic rings. The first-order chi connectivity index (χ1) is 9.38. The highest BCUT2D eigenvalue weighted by Gasteiger charge is 2.22. The minimum atomic E-state index is 0.155. The fourth-order valence-corrected chi connectivity index (χ4v) is 3.79. The Morgan fingerprint density at radius 3 is 2.70 bits per heavy atom. The van der Waals surface area contributed by atoms with Crippen LogP contribution >= 0.6 is 11.3 Å². The SMILES string of the molecule is Cc1nc(C(C)(C)C)sc1C(C)NCCC1=CCCC1. The van der Waals surface area contributed by atoms with Crippen LogP contribution in [-0.4, -0.2) is 11.5 Å². The first kappa shape index (κ1) is 15.7. The normalized spacial score (nSPS) is 17.4. The molecule has 0 fully saturated rings. The van der Waals surface area contributed by atoms with Crippen LogP contribution in [-0.2, 0) is 5.41 Å². The van der Waals surface area contributed by atoms with Gasteiger partial charge in [-0.2, -0.15) is 0 Å². The van der Waals surface area contributed by atoms with Gasteiger partial charge in [0.15, 0.2) is 0 Å². The van der Waals surface area contributed by atoms with Gasteiger partial charge in [-0.25, -0.2) is 4.98 Å². The van der Waals surface area contributed by atoms with Gasteiger partial charge in [0.25, 0.3) is 0 Å². The Balaban J connectivity index is 1.91. The van der Waals surface area contributed by atoms with Gasteiger partial charge in [-0.15, -0.1) is 11.3 Å². The highest BCUT2D eigenvalue weighted by molar-refractivity contribution is 7.12. The highest BCUT2D eigenvalue weighted by atomic mass is 32.1. The summed E-state index contributed by atoms with van der Waals surface area (Å²) < 4.78 is 0. The lowest BCUT2D eigenvalue weighted by atomic mass is 9.98. The molecule has 112 valence electrons. The molecule has 1 atom stereocenters. The first-order valence-electron chi connectivity index (χ1n) is 7.77. The van der Waals surface area contributed by atoms with E-state index in [1.54, 1.807) is 5.57 Å². The van der Waals surface area contributed by atoms with Crippen LogP contribution in [0.4, 0.5) is 0 Å². The van der Waals surface area contributed by atoms with Crippen molar-refractivity contribution in [3.05, 3.63) is 27.2 Å². The monoisotopic (exact) mass is 292 g/mol. The summed E-state index contributed by atoms with van der Waals surface area (Å²) in [6, 6.07) is 0.408. The van der Waals surface area contributed by atoms with E-state index in [1.807, 2.05) is 11.3 Å². The van der Waals surface area contributed by atoms with Gasteiger partial charge in [-0.05, 0) is 46.1 Å². The van der Waals surface area contributed by atoms with E-state index in [2.05, 4.69) is 46.0 Å². The van der Waals surface area contributed by atoms with Crippen LogP contribution in [0.1, 0.15) is 75.0 Å². The summed E-state index contributed by atoms with van der Waals surface area (Å²) in [5.41, 5.74) is 2.99. The summed E-state index contributed by atoms with van der Waals surface area (Å²) in [5, 5.41) is 4.91. The van der Waals surface area contributed by atoms with Gasteiger partial charge in [0.1, 0.15) is 0 Å². The zero-order valence-corrected chi connectivity index (χ0v) is 14.4. The van der Waals surface area contributed by atoms with E-state index in [0.717, 1.165) is 6.54 Å². The van der Waals surface area contributed by atoms with Gasteiger partial charge in [0.2, 0.25) is 0 Å². The third-order valence-electron chi connectivity index (χ3n) is 3.90. The van der Waals surface area contributed by atoms with Gasteiger partial charge >= 0.3 is 0 Å². The van der Waals surface area contributed by atoms with Gasteiger partial charge in [-0.3, -0.25) is 0 Å². The Morgan fingerprint density at radius 2 is 2.15 bits per heavy atom. The van der Waals surface area contributed by atoms with E-state index in [9.17, 15) is 0 Å². The molecular weight excluding hydrogens is 264 g/mol. The maximum Gasteiger partial charge on any atom is 0.0985 e. The lowest BCUT2D eigenvalue weighted by Gasteiger charge is -2.15. The molecule has 1 N–H and O–H groups in total. The van der Waals surface area contributed by atoms with Crippen molar-refractivity contribution in [3.63, 3.8) is 0 Å². The Bertz CT molecular complexity index is 480. The molecule has 2 rings (SSSR count). The lowest BCUT2D eigenvalue weighted by Crippen LogP contribution is -2.20. The number of hydrogen-bond acceptors (Lipinski definition) is 3. The third-order valence-corrected chi connectivity index (χ3v) is 5.66. The molecule has 0 spiro atoms. The summed E-state index contributed by atoms with van der Waals surface area (Å²) in [4.78, 5) is 6.15. The molecule has 0 aromatic carbocycles. The largest absolute Gasteiger partial charge is 0.309 e. The standard InChI is InChI=1S/C17H28N2S/c1-12(18-11-10-14-8-6-7-9-14)15-13(2)19-16(20-15)17(3,4)5/h8,12,18H,6-7,9-11H2,1-5H3. The number of allylic oxidation sites excluding steroid dienone is 1. The number of nitrogens with one attached hydrogen (secondary N) is 1. The minimum absolute atomic E-state index is 0.155. The second kappa shape index (κ2) is 6.40. The van der Waals surface area contributed by atoms with Crippen LogP contribution in [0.15, 0.2) is 11.6 Å². The molecule has 0 amide bonds. The summed E-state index contributed by atoms with van der Waals surface area (Å²) in [6.07, 6.45) is 7.57. The summed E-state index contributed by atoms with van der Waals surface area (Å²) in [5.74, 6) is 0. The number of nitrogens with zero attached hydrogens (tertiary/aromatic N) is 1. The van der Waals surface area contributed by atoms with E-state index in [-0.39, 0.29) is 5.41 Å². The van der Waals surface area contributed by atoms with Crippen molar-refractivity contribution < 1.29 is 0 Å². The van der Waals surface area contributed by atoms with Gasteiger partial charge in [0, 0.05) is 16.3 Å². The zero-order valence-electron chi connectivity index (χ0n) is 13.5. The molecule has 1 heterocycles. The molecule has 0 aliphatic heterocycles. The van der Waals surface area contributed by atoms with Gasteiger partial charge in [-0.1, -0.05) is 32.4 Å². The van der Waals surface area contributed by atoms with Crippen LogP contribution in [0.5, 0.6) is 0 Å². The molecular formula is C17H28N2S. The van der Waals surface area contributed by atoms with Crippen LogP contribution in [0.25, 0.3) is 0 Å². The maximum atomic E-state index is 4.76. The second-order valence-corrected chi connectivity index (χ2v) is 7.93. The Morgan fingerprint density at radius 1 is 1.40 bits per heavy atom. The van der Waals surface area contributed by atoms with Crippen LogP contribution in [0, 0.1) is 6.92 Å². The lowest BCUT2D eigenvalue weighted by molar-refractivity contribution is 0.575. The average Bonchev–Trinajstić information content (AvgIpc) is 2.97. The van der Waals surface area contributed by atoms with Crippen molar-refractivity contribution in [1.29, 1.82) is 0 Å². The van der Waals surface area contributed by atoms with Crippen LogP contribution < -0.4 is 5.32 Å². The quantitative estimate of drug-likeness (QED) is 0.781. The van der Waals surface area contributed by atoms with E-state index in [4.69, 9.17) is 4.98 Å². The van der Waals surface area contributed by atoms with Crippen LogP contribution in [0.2, 0.25) is 0 Å². The molecule has 1 aliphatic carbocycles. The topological polar surface area (TPSA) is 24.9 Å². The predicted molar refractivity (Wildman–Crippen MR) is 88.5 cm³/mol. The number of aryl methyl sites for hydroxylation is 1. The van der Waals surface area contributed by atoms with Crippen molar-refractivity contribution in [2.24, 2.45) is 0 Å². The predicted octanol–water partition coefficient (Wildman–Crippen LogP) is 4.90. The van der Waals surface area contributed by atoms with E-state index in [0.29, 0.717) is 6.04 Å². The molecule has 20 heavy (non-hydrogen) atoms. The van der Waals surface area contributed by atoms with Crippen molar-refractivity contribution in [3.8, 4) is 0 Å². The third kappa shape index (κ3) is 3.92. The smallest absolute Gasteiger partial charge is 0.0985 e. The van der Waals surface area contributed by atoms with E-state index in [1.165, 1.54) is 41.3 Å². The van der Waals surface area contributed by atoms with Crippen molar-refractivity contribution in [1.82, 2.24) is 10.3 Å². The summed E-state index contributed by atoms with van der Waals surface area (Å²) >= 11 is 1.87. The molecule has 1 aromatic heterocycles. The van der Waals surface area contributed by atoms with Crippen molar-refractivity contribution in [2.75, 3.05) is 6.54 Å². The highest BCUT2D eigenvalue weighted by Crippen LogP contribution is 2.32. The Kier molecular flexibility index (Phi) is 5.03.